The highest BCUT2D eigenvalue weighted by Crippen LogP contribution is 2.20. The lowest BCUT2D eigenvalue weighted by atomic mass is 10.3. The number of unbranched alkanes of at least 4 members (excludes halogenated alkanes) is 3. The second-order valence-corrected chi connectivity index (χ2v) is 12.9. The Bertz CT molecular complexity index is 923. The first-order valence-corrected chi connectivity index (χ1v) is 20.3. The van der Waals surface area contributed by atoms with Crippen LogP contribution in [0.4, 0.5) is 0 Å². The normalized spacial score (nSPS) is 9.25. The zero-order chi connectivity index (χ0) is 42.9. The maximum absolute atomic E-state index is 10.1. The standard InChI is InChI=1S/C5H13N3.C5H8N2.C5H11NO2S2.C5H13N.C4H9NO.C4H8O2.C3H7NO.C3H6O2/c1-2-3-4-8-5(6)7;1-2-5-3-6-4-7-5;1-2-9-10-3-4(6)5(7)8;1-2-3-4-5-6;2*1-2-3-4(5)6;2*1-2-3(4)5/h2-4H2,1H3,(H4,6,7,8);3-4H,2H2,1H3,(H,6,7);4H,2-3,6H2,1H3,(H,7,8);2-6H2,1H3;2-3H2,1H3,(H2,5,6);2-3H2,1H3,(H,5,6);2H2,1H3,(H2,4,5);2H2,1H3,(H,4,5). The number of nitrogens with one attached hydrogen (secondary N) is 1. The van der Waals surface area contributed by atoms with Crippen LogP contribution in [0.3, 0.4) is 0 Å². The van der Waals surface area contributed by atoms with Gasteiger partial charge in [-0.05, 0) is 38.6 Å². The van der Waals surface area contributed by atoms with Crippen molar-refractivity contribution in [1.29, 1.82) is 0 Å². The fourth-order valence-corrected chi connectivity index (χ4v) is 3.76. The van der Waals surface area contributed by atoms with Crippen LogP contribution < -0.4 is 34.4 Å². The van der Waals surface area contributed by atoms with Crippen molar-refractivity contribution < 1.29 is 39.3 Å². The number of aliphatic imine (C=N–C) groups is 1. The Labute approximate surface area is 326 Å². The Hall–Kier alpha value is -3.55. The van der Waals surface area contributed by atoms with Crippen LogP contribution >= 0.6 is 21.6 Å². The number of rotatable bonds is 18. The molecule has 0 aliphatic rings. The van der Waals surface area contributed by atoms with Gasteiger partial charge >= 0.3 is 17.9 Å². The number of imidazole rings is 1. The Morgan fingerprint density at radius 3 is 1.45 bits per heavy atom. The summed E-state index contributed by atoms with van der Waals surface area (Å²) in [5, 5.41) is 24.0. The molecule has 0 aromatic carbocycles. The summed E-state index contributed by atoms with van der Waals surface area (Å²) in [4.78, 5) is 59.1. The third-order valence-corrected chi connectivity index (χ3v) is 7.44. The number of hydrogen-bond acceptors (Lipinski definition) is 11. The molecule has 2 amide bonds. The molecule has 0 aliphatic carbocycles. The van der Waals surface area contributed by atoms with Crippen molar-refractivity contribution in [3.63, 3.8) is 0 Å². The van der Waals surface area contributed by atoms with Gasteiger partial charge in [0.1, 0.15) is 6.04 Å². The van der Waals surface area contributed by atoms with Gasteiger partial charge in [0.15, 0.2) is 5.96 Å². The van der Waals surface area contributed by atoms with Gasteiger partial charge in [-0.1, -0.05) is 96.2 Å². The molecule has 1 heterocycles. The van der Waals surface area contributed by atoms with Crippen LogP contribution in [0.25, 0.3) is 0 Å². The highest BCUT2D eigenvalue weighted by molar-refractivity contribution is 8.76. The minimum atomic E-state index is -0.927. The topological polar surface area (TPSA) is 343 Å². The lowest BCUT2D eigenvalue weighted by Crippen LogP contribution is -2.32. The summed E-state index contributed by atoms with van der Waals surface area (Å²) in [7, 11) is 3.13. The first kappa shape index (κ1) is 64.4. The van der Waals surface area contributed by atoms with E-state index in [2.05, 4.69) is 41.5 Å². The predicted molar refractivity (Wildman–Crippen MR) is 222 cm³/mol. The molecular weight excluding hydrogens is 727 g/mol. The molecule has 19 heteroatoms. The number of amides is 2. The molecule has 1 aromatic heterocycles. The van der Waals surface area contributed by atoms with Crippen LogP contribution in [0.1, 0.15) is 132 Å². The predicted octanol–water partition coefficient (Wildman–Crippen LogP) is 4.47. The Morgan fingerprint density at radius 1 is 0.755 bits per heavy atom. The Kier molecular flexibility index (Phi) is 70.2. The largest absolute Gasteiger partial charge is 0.481 e. The lowest BCUT2D eigenvalue weighted by Gasteiger charge is -2.02. The molecule has 0 spiro atoms. The summed E-state index contributed by atoms with van der Waals surface area (Å²) in [6, 6.07) is -0.718. The number of aliphatic carboxylic acids is 3. The molecule has 1 atom stereocenters. The van der Waals surface area contributed by atoms with Gasteiger partial charge in [0, 0.05) is 55.6 Å². The van der Waals surface area contributed by atoms with Gasteiger partial charge in [-0.25, -0.2) is 4.98 Å². The van der Waals surface area contributed by atoms with Crippen LogP contribution in [0.15, 0.2) is 17.5 Å². The molecule has 316 valence electrons. The number of primary amides is 2. The molecule has 16 N–H and O–H groups in total. The maximum atomic E-state index is 10.1. The molecule has 1 rings (SSSR count). The van der Waals surface area contributed by atoms with Crippen molar-refractivity contribution in [2.24, 2.45) is 39.4 Å². The van der Waals surface area contributed by atoms with Gasteiger partial charge in [0.05, 0.1) is 6.33 Å². The summed E-state index contributed by atoms with van der Waals surface area (Å²) in [6.45, 7) is 17.1. The van der Waals surface area contributed by atoms with E-state index < -0.39 is 23.9 Å². The van der Waals surface area contributed by atoms with Gasteiger partial charge in [0.25, 0.3) is 0 Å². The first-order chi connectivity index (χ1) is 24.9. The van der Waals surface area contributed by atoms with Crippen molar-refractivity contribution in [2.45, 2.75) is 138 Å². The van der Waals surface area contributed by atoms with E-state index in [4.69, 9.17) is 44.0 Å². The number of aromatic amines is 1. The SMILES string of the molecule is CCC(=O)O.CCC(N)=O.CCCC(=O)O.CCCC(N)=O.CCCCCN.CCCCN=C(N)N.CCSSCC(N)C(=O)O.CCc1cnc[nH]1. The molecule has 0 bridgehead atoms. The van der Waals surface area contributed by atoms with Gasteiger partial charge in [0.2, 0.25) is 11.8 Å². The molecule has 0 radical (unpaired) electrons. The first-order valence-electron chi connectivity index (χ1n) is 17.8. The number of carboxylic acids is 3. The second-order valence-electron chi connectivity index (χ2n) is 10.1. The van der Waals surface area contributed by atoms with E-state index >= 15 is 0 Å². The molecule has 1 aromatic rings. The van der Waals surface area contributed by atoms with Gasteiger partial charge in [-0.2, -0.15) is 0 Å². The monoisotopic (exact) mass is 802 g/mol. The number of aromatic nitrogens is 2. The van der Waals surface area contributed by atoms with Crippen LogP contribution in [0.2, 0.25) is 0 Å². The summed E-state index contributed by atoms with van der Waals surface area (Å²) >= 11 is 0. The van der Waals surface area contributed by atoms with Crippen molar-refractivity contribution in [1.82, 2.24) is 9.97 Å². The summed E-state index contributed by atoms with van der Waals surface area (Å²) in [5.41, 5.74) is 31.2. The van der Waals surface area contributed by atoms with Crippen molar-refractivity contribution in [2.75, 3.05) is 24.6 Å². The molecule has 53 heavy (non-hydrogen) atoms. The average Bonchev–Trinajstić information content (AvgIpc) is 3.63. The number of aryl methyl sites for hydroxylation is 1. The lowest BCUT2D eigenvalue weighted by molar-refractivity contribution is -0.138. The van der Waals surface area contributed by atoms with Crippen LogP contribution in [-0.2, 0) is 30.4 Å². The van der Waals surface area contributed by atoms with E-state index in [1.165, 1.54) is 35.8 Å². The summed E-state index contributed by atoms with van der Waals surface area (Å²) in [6.07, 6.45) is 13.6. The summed E-state index contributed by atoms with van der Waals surface area (Å²) in [5.74, 6) is -1.18. The molecule has 17 nitrogen and oxygen atoms in total. The van der Waals surface area contributed by atoms with Crippen LogP contribution in [0, 0.1) is 0 Å². The number of carboxylic acid groups (broad SMARTS) is 3. The van der Waals surface area contributed by atoms with Crippen molar-refractivity contribution >= 4 is 57.3 Å². The number of guanidine groups is 1. The third kappa shape index (κ3) is 99.3. The van der Waals surface area contributed by atoms with E-state index in [0.29, 0.717) is 25.0 Å². The van der Waals surface area contributed by atoms with Gasteiger partial charge in [-0.3, -0.25) is 29.0 Å². The minimum Gasteiger partial charge on any atom is -0.481 e. The van der Waals surface area contributed by atoms with Crippen LogP contribution in [-0.4, -0.2) is 91.6 Å². The highest BCUT2D eigenvalue weighted by Gasteiger charge is 2.10. The van der Waals surface area contributed by atoms with Crippen molar-refractivity contribution in [3.8, 4) is 0 Å². The number of carbonyl (C=O) groups excluding carboxylic acids is 2. The quantitative estimate of drug-likeness (QED) is 0.0423. The average molecular weight is 802 g/mol. The zero-order valence-corrected chi connectivity index (χ0v) is 35.2. The minimum absolute atomic E-state index is 0.193. The van der Waals surface area contributed by atoms with Crippen molar-refractivity contribution in [3.05, 3.63) is 18.2 Å². The number of nitrogens with two attached hydrogens (primary N) is 6. The third-order valence-electron chi connectivity index (χ3n) is 4.93. The molecule has 0 saturated carbocycles. The fourth-order valence-electron chi connectivity index (χ4n) is 1.97. The molecule has 1 unspecified atom stereocenters. The van der Waals surface area contributed by atoms with Crippen LogP contribution in [0.5, 0.6) is 0 Å². The molecular formula is C34H75N9O8S2. The molecule has 0 aliphatic heterocycles. The number of hydrogen-bond donors (Lipinski definition) is 10. The van der Waals surface area contributed by atoms with Gasteiger partial charge in [-0.15, -0.1) is 0 Å². The fraction of sp³-hybridized carbons (Fsp3) is 0.735. The Morgan fingerprint density at radius 2 is 1.26 bits per heavy atom. The second kappa shape index (κ2) is 57.8. The number of carbonyl (C=O) groups is 5. The van der Waals surface area contributed by atoms with E-state index in [1.54, 1.807) is 31.0 Å². The zero-order valence-electron chi connectivity index (χ0n) is 33.6. The smallest absolute Gasteiger partial charge is 0.321 e. The maximum Gasteiger partial charge on any atom is 0.321 e. The molecule has 0 saturated heterocycles. The van der Waals surface area contributed by atoms with E-state index in [-0.39, 0.29) is 24.2 Å². The number of H-pyrrole nitrogens is 1. The molecule has 0 fully saturated rings. The van der Waals surface area contributed by atoms with E-state index in [9.17, 15) is 24.0 Å². The Balaban J connectivity index is -0.0000000923. The van der Waals surface area contributed by atoms with E-state index in [1.807, 2.05) is 27.0 Å². The van der Waals surface area contributed by atoms with E-state index in [0.717, 1.165) is 50.9 Å². The number of nitrogens with zero attached hydrogens (tertiary/aromatic N) is 2. The van der Waals surface area contributed by atoms with Gasteiger partial charge < -0.3 is 54.7 Å². The highest BCUT2D eigenvalue weighted by atomic mass is 33.1. The summed E-state index contributed by atoms with van der Waals surface area (Å²) < 4.78 is 0.